The molecule has 5 heteroatoms. The number of fused-ring (bicyclic) bond motifs is 1. The Bertz CT molecular complexity index is 697. The summed E-state index contributed by atoms with van der Waals surface area (Å²) in [5, 5.41) is 3.96. The normalized spacial score (nSPS) is 10.8. The second-order valence-corrected chi connectivity index (χ2v) is 6.23. The number of nitrogens with zero attached hydrogens (tertiary/aromatic N) is 1. The molecule has 0 aliphatic heterocycles. The Morgan fingerprint density at radius 3 is 2.95 bits per heavy atom. The first kappa shape index (κ1) is 12.3. The fraction of sp³-hybridized carbons (Fsp3) is 0.143. The van der Waals surface area contributed by atoms with E-state index in [0.717, 1.165) is 20.8 Å². The maximum Gasteiger partial charge on any atom is 0.348 e. The van der Waals surface area contributed by atoms with Gasteiger partial charge in [0.1, 0.15) is 11.5 Å². The van der Waals surface area contributed by atoms with Crippen molar-refractivity contribution in [1.82, 2.24) is 4.98 Å². The van der Waals surface area contributed by atoms with E-state index in [9.17, 15) is 4.79 Å². The molecule has 2 aromatic heterocycles. The summed E-state index contributed by atoms with van der Waals surface area (Å²) in [5.74, 6) is -0.285. The Hall–Kier alpha value is -1.72. The van der Waals surface area contributed by atoms with Gasteiger partial charge in [-0.05, 0) is 24.4 Å². The molecular weight excluding hydrogens is 278 g/mol. The van der Waals surface area contributed by atoms with Crippen molar-refractivity contribution in [2.75, 3.05) is 0 Å². The number of benzene rings is 1. The van der Waals surface area contributed by atoms with Crippen LogP contribution in [0.1, 0.15) is 20.4 Å². The van der Waals surface area contributed by atoms with Crippen LogP contribution in [-0.2, 0) is 11.3 Å². The number of aromatic nitrogens is 1. The lowest BCUT2D eigenvalue weighted by molar-refractivity contribution is 0.0474. The molecule has 3 nitrogen and oxygen atoms in total. The van der Waals surface area contributed by atoms with Gasteiger partial charge in [0.05, 0.1) is 10.7 Å². The van der Waals surface area contributed by atoms with Crippen LogP contribution in [0.25, 0.3) is 10.1 Å². The largest absolute Gasteiger partial charge is 0.455 e. The first-order chi connectivity index (χ1) is 9.22. The maximum absolute atomic E-state index is 12.0. The third kappa shape index (κ3) is 2.67. The minimum absolute atomic E-state index is 0.234. The van der Waals surface area contributed by atoms with E-state index in [4.69, 9.17) is 4.74 Å². The fourth-order valence-corrected chi connectivity index (χ4v) is 3.32. The maximum atomic E-state index is 12.0. The third-order valence-corrected chi connectivity index (χ3v) is 4.56. The molecule has 0 atom stereocenters. The molecule has 0 N–H and O–H groups in total. The van der Waals surface area contributed by atoms with Crippen LogP contribution in [0.2, 0.25) is 0 Å². The highest BCUT2D eigenvalue weighted by Gasteiger charge is 2.12. The van der Waals surface area contributed by atoms with E-state index in [1.165, 1.54) is 11.3 Å². The Morgan fingerprint density at radius 1 is 1.37 bits per heavy atom. The topological polar surface area (TPSA) is 39.2 Å². The molecule has 0 amide bonds. The summed E-state index contributed by atoms with van der Waals surface area (Å²) in [6.07, 6.45) is 0. The average Bonchev–Trinajstić information content (AvgIpc) is 3.01. The second kappa shape index (κ2) is 5.11. The fourth-order valence-electron chi connectivity index (χ4n) is 1.77. The van der Waals surface area contributed by atoms with Crippen molar-refractivity contribution in [1.29, 1.82) is 0 Å². The zero-order chi connectivity index (χ0) is 13.2. The van der Waals surface area contributed by atoms with Crippen molar-refractivity contribution in [3.05, 3.63) is 51.3 Å². The predicted octanol–water partition coefficient (Wildman–Crippen LogP) is 4.02. The summed E-state index contributed by atoms with van der Waals surface area (Å²) in [7, 11) is 0. The van der Waals surface area contributed by atoms with Gasteiger partial charge in [-0.1, -0.05) is 18.2 Å². The van der Waals surface area contributed by atoms with Crippen LogP contribution in [0.3, 0.4) is 0 Å². The summed E-state index contributed by atoms with van der Waals surface area (Å²) in [6, 6.07) is 9.79. The van der Waals surface area contributed by atoms with Crippen molar-refractivity contribution < 1.29 is 9.53 Å². The second-order valence-electron chi connectivity index (χ2n) is 4.08. The molecule has 0 saturated heterocycles. The molecule has 1 aromatic carbocycles. The molecule has 0 bridgehead atoms. The van der Waals surface area contributed by atoms with E-state index in [1.54, 1.807) is 11.3 Å². The van der Waals surface area contributed by atoms with E-state index in [1.807, 2.05) is 42.6 Å². The number of thiophene rings is 1. The van der Waals surface area contributed by atoms with E-state index in [2.05, 4.69) is 4.98 Å². The Kier molecular flexibility index (Phi) is 3.31. The lowest BCUT2D eigenvalue weighted by Gasteiger charge is -1.99. The van der Waals surface area contributed by atoms with Crippen LogP contribution >= 0.6 is 22.7 Å². The van der Waals surface area contributed by atoms with Crippen molar-refractivity contribution in [2.24, 2.45) is 0 Å². The van der Waals surface area contributed by atoms with Crippen LogP contribution in [0.5, 0.6) is 0 Å². The summed E-state index contributed by atoms with van der Waals surface area (Å²) >= 11 is 3.01. The van der Waals surface area contributed by atoms with Gasteiger partial charge in [-0.15, -0.1) is 22.7 Å². The highest BCUT2D eigenvalue weighted by Crippen LogP contribution is 2.26. The molecule has 96 valence electrons. The summed E-state index contributed by atoms with van der Waals surface area (Å²) in [5.41, 5.74) is 0.803. The van der Waals surface area contributed by atoms with E-state index < -0.39 is 0 Å². The van der Waals surface area contributed by atoms with Gasteiger partial charge in [-0.3, -0.25) is 0 Å². The number of hydrogen-bond donors (Lipinski definition) is 0. The molecule has 0 aliphatic rings. The lowest BCUT2D eigenvalue weighted by atomic mass is 10.2. The number of carbonyl (C=O) groups excluding carboxylic acids is 1. The number of esters is 1. The van der Waals surface area contributed by atoms with Crippen molar-refractivity contribution in [3.8, 4) is 0 Å². The Balaban J connectivity index is 1.73. The number of rotatable bonds is 3. The zero-order valence-corrected chi connectivity index (χ0v) is 11.9. The number of thiazole rings is 1. The van der Waals surface area contributed by atoms with Gasteiger partial charge in [-0.25, -0.2) is 9.78 Å². The van der Waals surface area contributed by atoms with E-state index in [-0.39, 0.29) is 12.6 Å². The monoisotopic (exact) mass is 289 g/mol. The molecule has 0 aliphatic carbocycles. The van der Waals surface area contributed by atoms with Gasteiger partial charge >= 0.3 is 5.97 Å². The molecule has 0 spiro atoms. The Morgan fingerprint density at radius 2 is 2.21 bits per heavy atom. The highest BCUT2D eigenvalue weighted by molar-refractivity contribution is 7.20. The lowest BCUT2D eigenvalue weighted by Crippen LogP contribution is -2.03. The molecule has 0 unspecified atom stereocenters. The number of ether oxygens (including phenoxy) is 1. The minimum atomic E-state index is -0.285. The molecule has 3 aromatic rings. The Labute approximate surface area is 118 Å². The zero-order valence-electron chi connectivity index (χ0n) is 10.3. The number of hydrogen-bond acceptors (Lipinski definition) is 5. The van der Waals surface area contributed by atoms with Crippen LogP contribution in [0, 0.1) is 6.92 Å². The smallest absolute Gasteiger partial charge is 0.348 e. The van der Waals surface area contributed by atoms with Gasteiger partial charge in [0.25, 0.3) is 0 Å². The number of aryl methyl sites for hydroxylation is 1. The number of carbonyl (C=O) groups is 1. The van der Waals surface area contributed by atoms with E-state index in [0.29, 0.717) is 4.88 Å². The molecule has 19 heavy (non-hydrogen) atoms. The molecule has 2 heterocycles. The predicted molar refractivity (Wildman–Crippen MR) is 77.8 cm³/mol. The molecular formula is C14H11NO2S2. The third-order valence-electron chi connectivity index (χ3n) is 2.64. The standard InChI is InChI=1S/C14H11NO2S2/c1-9-15-11(8-18-9)7-17-14(16)13-6-10-4-2-3-5-12(10)19-13/h2-6,8H,7H2,1H3. The van der Waals surface area contributed by atoms with E-state index >= 15 is 0 Å². The van der Waals surface area contributed by atoms with Gasteiger partial charge < -0.3 is 4.74 Å². The molecule has 0 radical (unpaired) electrons. The SMILES string of the molecule is Cc1nc(COC(=O)c2cc3ccccc3s2)cs1. The van der Waals surface area contributed by atoms with Crippen LogP contribution < -0.4 is 0 Å². The van der Waals surface area contributed by atoms with Gasteiger partial charge in [0.15, 0.2) is 0 Å². The summed E-state index contributed by atoms with van der Waals surface area (Å²) in [6.45, 7) is 2.17. The minimum Gasteiger partial charge on any atom is -0.455 e. The first-order valence-electron chi connectivity index (χ1n) is 5.79. The van der Waals surface area contributed by atoms with Gasteiger partial charge in [0, 0.05) is 10.1 Å². The molecule has 3 rings (SSSR count). The highest BCUT2D eigenvalue weighted by atomic mass is 32.1. The quantitative estimate of drug-likeness (QED) is 0.683. The molecule has 0 fully saturated rings. The van der Waals surface area contributed by atoms with Gasteiger partial charge in [-0.2, -0.15) is 0 Å². The summed E-state index contributed by atoms with van der Waals surface area (Å²) < 4.78 is 6.37. The summed E-state index contributed by atoms with van der Waals surface area (Å²) in [4.78, 5) is 16.9. The van der Waals surface area contributed by atoms with Crippen LogP contribution in [0.15, 0.2) is 35.7 Å². The van der Waals surface area contributed by atoms with Crippen molar-refractivity contribution in [3.63, 3.8) is 0 Å². The van der Waals surface area contributed by atoms with Crippen molar-refractivity contribution in [2.45, 2.75) is 13.5 Å². The molecule has 0 saturated carbocycles. The first-order valence-corrected chi connectivity index (χ1v) is 7.49. The van der Waals surface area contributed by atoms with Crippen LogP contribution in [0.4, 0.5) is 0 Å². The van der Waals surface area contributed by atoms with Gasteiger partial charge in [0.2, 0.25) is 0 Å². The van der Waals surface area contributed by atoms with Crippen molar-refractivity contribution >= 4 is 38.7 Å². The van der Waals surface area contributed by atoms with Crippen LogP contribution in [-0.4, -0.2) is 11.0 Å². The average molecular weight is 289 g/mol.